The van der Waals surface area contributed by atoms with Crippen LogP contribution >= 0.6 is 0 Å². The van der Waals surface area contributed by atoms with Gasteiger partial charge in [-0.1, -0.05) is 6.42 Å². The molecule has 1 fully saturated rings. The number of sulfonamides is 1. The molecule has 1 unspecified atom stereocenters. The number of nitrogens with one attached hydrogen (secondary N) is 2. The Hall–Kier alpha value is -1.03. The van der Waals surface area contributed by atoms with Crippen LogP contribution in [0.5, 0.6) is 0 Å². The van der Waals surface area contributed by atoms with E-state index in [1.165, 1.54) is 0 Å². The Morgan fingerprint density at radius 1 is 1.27 bits per heavy atom. The first kappa shape index (κ1) is 17.3. The van der Waals surface area contributed by atoms with Crippen LogP contribution in [0.15, 0.2) is 28.0 Å². The minimum atomic E-state index is -3.87. The average molecular weight is 350 g/mol. The molecule has 1 aliphatic rings. The van der Waals surface area contributed by atoms with Crippen molar-refractivity contribution >= 4 is 19.9 Å². The van der Waals surface area contributed by atoms with Crippen LogP contribution in [0.4, 0.5) is 4.39 Å². The normalized spacial score (nSPS) is 20.0. The molecule has 0 bridgehead atoms. The molecule has 0 spiro atoms. The molecule has 1 aliphatic heterocycles. The highest BCUT2D eigenvalue weighted by Gasteiger charge is 2.21. The van der Waals surface area contributed by atoms with E-state index in [1.807, 2.05) is 0 Å². The third kappa shape index (κ3) is 4.25. The van der Waals surface area contributed by atoms with Gasteiger partial charge in [-0.25, -0.2) is 25.9 Å². The fourth-order valence-corrected chi connectivity index (χ4v) is 4.16. The number of hydrogen-bond acceptors (Lipinski definition) is 5. The summed E-state index contributed by atoms with van der Waals surface area (Å²) >= 11 is 0. The minimum absolute atomic E-state index is 0.0589. The van der Waals surface area contributed by atoms with E-state index >= 15 is 0 Å². The van der Waals surface area contributed by atoms with Crippen LogP contribution in [-0.2, 0) is 19.9 Å². The van der Waals surface area contributed by atoms with Gasteiger partial charge < -0.3 is 5.32 Å². The molecule has 1 saturated heterocycles. The number of piperidine rings is 1. The molecule has 9 heteroatoms. The summed E-state index contributed by atoms with van der Waals surface area (Å²) in [5.41, 5.74) is 0. The average Bonchev–Trinajstić information content (AvgIpc) is 2.45. The zero-order valence-electron chi connectivity index (χ0n) is 12.2. The van der Waals surface area contributed by atoms with Gasteiger partial charge in [0, 0.05) is 18.8 Å². The monoisotopic (exact) mass is 350 g/mol. The van der Waals surface area contributed by atoms with Crippen LogP contribution in [0.2, 0.25) is 0 Å². The first-order valence-corrected chi connectivity index (χ1v) is 10.3. The predicted octanol–water partition coefficient (Wildman–Crippen LogP) is 0.650. The Balaban J connectivity index is 2.14. The molecule has 6 nitrogen and oxygen atoms in total. The van der Waals surface area contributed by atoms with E-state index in [9.17, 15) is 21.2 Å². The molecule has 22 heavy (non-hydrogen) atoms. The molecular formula is C13H19FN2O4S2. The molecule has 1 atom stereocenters. The second kappa shape index (κ2) is 6.61. The topological polar surface area (TPSA) is 92.3 Å². The number of halogens is 1. The summed E-state index contributed by atoms with van der Waals surface area (Å²) in [6, 6.07) is 2.85. The van der Waals surface area contributed by atoms with Crippen LogP contribution in [0.3, 0.4) is 0 Å². The summed E-state index contributed by atoms with van der Waals surface area (Å²) < 4.78 is 63.1. The molecule has 2 rings (SSSR count). The lowest BCUT2D eigenvalue weighted by Gasteiger charge is -2.23. The second-order valence-electron chi connectivity index (χ2n) is 5.36. The third-order valence-electron chi connectivity index (χ3n) is 3.55. The molecule has 0 aliphatic carbocycles. The van der Waals surface area contributed by atoms with Gasteiger partial charge in [-0.2, -0.15) is 0 Å². The van der Waals surface area contributed by atoms with Crippen molar-refractivity contribution in [2.45, 2.75) is 35.1 Å². The van der Waals surface area contributed by atoms with Gasteiger partial charge >= 0.3 is 0 Å². The van der Waals surface area contributed by atoms with Crippen molar-refractivity contribution in [3.05, 3.63) is 24.0 Å². The van der Waals surface area contributed by atoms with E-state index in [2.05, 4.69) is 10.0 Å². The maximum Gasteiger partial charge on any atom is 0.240 e. The van der Waals surface area contributed by atoms with E-state index in [1.54, 1.807) is 0 Å². The van der Waals surface area contributed by atoms with Crippen molar-refractivity contribution in [1.29, 1.82) is 0 Å². The maximum atomic E-state index is 13.8. The fourth-order valence-electron chi connectivity index (χ4n) is 2.34. The summed E-state index contributed by atoms with van der Waals surface area (Å²) in [5, 5.41) is 3.20. The zero-order chi connectivity index (χ0) is 16.4. The first-order chi connectivity index (χ1) is 10.2. The molecule has 1 aromatic rings. The molecule has 1 aromatic carbocycles. The lowest BCUT2D eigenvalue weighted by Crippen LogP contribution is -2.43. The lowest BCUT2D eigenvalue weighted by atomic mass is 10.1. The van der Waals surface area contributed by atoms with E-state index in [4.69, 9.17) is 0 Å². The molecule has 0 aromatic heterocycles. The van der Waals surface area contributed by atoms with Gasteiger partial charge in [0.2, 0.25) is 10.0 Å². The van der Waals surface area contributed by atoms with Crippen LogP contribution in [0.25, 0.3) is 0 Å². The van der Waals surface area contributed by atoms with Gasteiger partial charge in [0.15, 0.2) is 9.84 Å². The first-order valence-electron chi connectivity index (χ1n) is 6.93. The van der Waals surface area contributed by atoms with Gasteiger partial charge in [0.25, 0.3) is 0 Å². The Morgan fingerprint density at radius 2 is 2.00 bits per heavy atom. The van der Waals surface area contributed by atoms with Gasteiger partial charge in [0.05, 0.1) is 4.90 Å². The zero-order valence-corrected chi connectivity index (χ0v) is 13.8. The molecular weight excluding hydrogens is 331 g/mol. The number of rotatable bonds is 5. The number of sulfone groups is 1. The minimum Gasteiger partial charge on any atom is -0.313 e. The highest BCUT2D eigenvalue weighted by atomic mass is 32.2. The second-order valence-corrected chi connectivity index (χ2v) is 9.11. The van der Waals surface area contributed by atoms with Crippen molar-refractivity contribution in [3.63, 3.8) is 0 Å². The Bertz CT molecular complexity index is 741. The van der Waals surface area contributed by atoms with Crippen molar-refractivity contribution in [2.75, 3.05) is 19.3 Å². The number of hydrogen-bond donors (Lipinski definition) is 2. The largest absolute Gasteiger partial charge is 0.313 e. The molecule has 0 amide bonds. The van der Waals surface area contributed by atoms with E-state index in [-0.39, 0.29) is 17.5 Å². The van der Waals surface area contributed by atoms with Crippen LogP contribution < -0.4 is 10.0 Å². The van der Waals surface area contributed by atoms with E-state index in [0.717, 1.165) is 50.3 Å². The quantitative estimate of drug-likeness (QED) is 0.813. The van der Waals surface area contributed by atoms with Gasteiger partial charge in [0.1, 0.15) is 10.7 Å². The molecule has 0 radical (unpaired) electrons. The van der Waals surface area contributed by atoms with Crippen LogP contribution in [-0.4, -0.2) is 42.2 Å². The van der Waals surface area contributed by atoms with Crippen molar-refractivity contribution in [1.82, 2.24) is 10.0 Å². The number of benzene rings is 1. The summed E-state index contributed by atoms with van der Waals surface area (Å²) in [4.78, 5) is -0.798. The van der Waals surface area contributed by atoms with Crippen LogP contribution in [0, 0.1) is 5.82 Å². The molecule has 1 heterocycles. The smallest absolute Gasteiger partial charge is 0.240 e. The Labute approximate surface area is 130 Å². The van der Waals surface area contributed by atoms with Crippen molar-refractivity contribution < 1.29 is 21.2 Å². The maximum absolute atomic E-state index is 13.8. The Morgan fingerprint density at radius 3 is 2.55 bits per heavy atom. The third-order valence-corrected chi connectivity index (χ3v) is 6.10. The van der Waals surface area contributed by atoms with Crippen LogP contribution in [0.1, 0.15) is 19.3 Å². The highest BCUT2D eigenvalue weighted by molar-refractivity contribution is 7.90. The van der Waals surface area contributed by atoms with E-state index in [0.29, 0.717) is 0 Å². The lowest BCUT2D eigenvalue weighted by molar-refractivity contribution is 0.398. The summed E-state index contributed by atoms with van der Waals surface area (Å²) in [6.45, 7) is 1.07. The fraction of sp³-hybridized carbons (Fsp3) is 0.538. The highest BCUT2D eigenvalue weighted by Crippen LogP contribution is 2.19. The predicted molar refractivity (Wildman–Crippen MR) is 80.3 cm³/mol. The summed E-state index contributed by atoms with van der Waals surface area (Å²) in [5.74, 6) is -1.07. The van der Waals surface area contributed by atoms with Crippen molar-refractivity contribution in [2.24, 2.45) is 0 Å². The van der Waals surface area contributed by atoms with Gasteiger partial charge in [-0.3, -0.25) is 0 Å². The van der Waals surface area contributed by atoms with Gasteiger partial charge in [-0.15, -0.1) is 0 Å². The van der Waals surface area contributed by atoms with Gasteiger partial charge in [-0.05, 0) is 37.6 Å². The molecule has 124 valence electrons. The summed E-state index contributed by atoms with van der Waals surface area (Å²) in [6.07, 6.45) is 3.86. The SMILES string of the molecule is CS(=O)(=O)c1ccc(S(=O)(=O)NCC2CCCCN2)cc1F. The van der Waals surface area contributed by atoms with E-state index < -0.39 is 30.6 Å². The Kier molecular flexibility index (Phi) is 5.21. The molecule has 2 N–H and O–H groups in total. The standard InChI is InChI=1S/C13H19FN2O4S2/c1-21(17,18)13-6-5-11(8-12(13)14)22(19,20)16-9-10-4-2-3-7-15-10/h5-6,8,10,15-16H,2-4,7,9H2,1H3. The van der Waals surface area contributed by atoms with Crippen molar-refractivity contribution in [3.8, 4) is 0 Å². The summed E-state index contributed by atoms with van der Waals surface area (Å²) in [7, 11) is -7.59. The molecule has 0 saturated carbocycles.